The maximum Gasteiger partial charge on any atom is 0.408 e. The summed E-state index contributed by atoms with van der Waals surface area (Å²) in [5.74, 6) is -2.57. The summed E-state index contributed by atoms with van der Waals surface area (Å²) in [4.78, 5) is 55.4. The van der Waals surface area contributed by atoms with Crippen LogP contribution in [0.25, 0.3) is 0 Å². The molecule has 1 aromatic heterocycles. The monoisotopic (exact) mass is 621 g/mol. The topological polar surface area (TPSA) is 161 Å². The highest BCUT2D eigenvalue weighted by Crippen LogP contribution is 2.22. The molecule has 242 valence electrons. The maximum atomic E-state index is 13.5. The first kappa shape index (κ1) is 34.8. The highest BCUT2D eigenvalue weighted by Gasteiger charge is 2.35. The number of ether oxygens (including phenoxy) is 2. The zero-order valence-corrected chi connectivity index (χ0v) is 26.6. The van der Waals surface area contributed by atoms with Crippen molar-refractivity contribution in [3.8, 4) is 0 Å². The summed E-state index contributed by atoms with van der Waals surface area (Å²) in [6, 6.07) is 17.2. The highest BCUT2D eigenvalue weighted by atomic mass is 16.6. The van der Waals surface area contributed by atoms with E-state index in [0.717, 1.165) is 5.56 Å². The fourth-order valence-electron chi connectivity index (χ4n) is 4.39. The van der Waals surface area contributed by atoms with Crippen LogP contribution in [0.15, 0.2) is 67.0 Å². The number of imidazole rings is 1. The molecule has 2 aromatic carbocycles. The van der Waals surface area contributed by atoms with Gasteiger partial charge >= 0.3 is 12.1 Å². The van der Waals surface area contributed by atoms with Gasteiger partial charge in [0.1, 0.15) is 17.2 Å². The number of amides is 3. The lowest BCUT2D eigenvalue weighted by Crippen LogP contribution is -2.59. The van der Waals surface area contributed by atoms with Crippen LogP contribution in [-0.2, 0) is 37.0 Å². The molecule has 1 unspecified atom stereocenters. The average molecular weight is 622 g/mol. The number of anilines is 1. The van der Waals surface area contributed by atoms with E-state index in [0.29, 0.717) is 24.2 Å². The van der Waals surface area contributed by atoms with Gasteiger partial charge in [0, 0.05) is 6.54 Å². The first-order valence-electron chi connectivity index (χ1n) is 14.7. The number of nitrogens with one attached hydrogen (secondary N) is 3. The maximum absolute atomic E-state index is 13.5. The van der Waals surface area contributed by atoms with Gasteiger partial charge in [0.15, 0.2) is 5.82 Å². The summed E-state index contributed by atoms with van der Waals surface area (Å²) in [5.41, 5.74) is 0.0238. The normalized spacial score (nSPS) is 12.9. The van der Waals surface area contributed by atoms with E-state index in [1.165, 1.54) is 20.2 Å². The van der Waals surface area contributed by atoms with Gasteiger partial charge < -0.3 is 35.1 Å². The first-order chi connectivity index (χ1) is 21.2. The quantitative estimate of drug-likeness (QED) is 0.206. The fourth-order valence-corrected chi connectivity index (χ4v) is 4.39. The molecule has 0 saturated heterocycles. The van der Waals surface area contributed by atoms with E-state index < -0.39 is 47.0 Å². The molecule has 0 aliphatic heterocycles. The van der Waals surface area contributed by atoms with Crippen LogP contribution in [0.2, 0.25) is 0 Å². The lowest BCUT2D eigenvalue weighted by atomic mass is 9.96. The molecule has 1 heterocycles. The molecule has 0 radical (unpaired) electrons. The number of carboxylic acid groups (broad SMARTS) is 1. The van der Waals surface area contributed by atoms with E-state index in [-0.39, 0.29) is 19.0 Å². The van der Waals surface area contributed by atoms with E-state index >= 15 is 0 Å². The number of carbonyl (C=O) groups is 4. The summed E-state index contributed by atoms with van der Waals surface area (Å²) in [6.45, 7) is 10.3. The fraction of sp³-hybridized carbons (Fsp3) is 0.424. The zero-order valence-electron chi connectivity index (χ0n) is 26.6. The Morgan fingerprint density at radius 3 is 2.18 bits per heavy atom. The summed E-state index contributed by atoms with van der Waals surface area (Å²) < 4.78 is 12.8. The highest BCUT2D eigenvalue weighted by molar-refractivity contribution is 5.99. The van der Waals surface area contributed by atoms with Crippen molar-refractivity contribution in [2.75, 3.05) is 11.9 Å². The van der Waals surface area contributed by atoms with Crippen LogP contribution in [-0.4, -0.2) is 62.3 Å². The van der Waals surface area contributed by atoms with E-state index in [2.05, 4.69) is 20.9 Å². The van der Waals surface area contributed by atoms with Crippen LogP contribution in [0.1, 0.15) is 63.8 Å². The van der Waals surface area contributed by atoms with Crippen LogP contribution in [0.4, 0.5) is 10.6 Å². The number of carboxylic acids is 1. The van der Waals surface area contributed by atoms with Crippen molar-refractivity contribution in [1.29, 1.82) is 0 Å². The van der Waals surface area contributed by atoms with Crippen molar-refractivity contribution in [3.05, 3.63) is 83.8 Å². The predicted octanol–water partition coefficient (Wildman–Crippen LogP) is 4.39. The molecule has 2 atom stereocenters. The van der Waals surface area contributed by atoms with Crippen molar-refractivity contribution in [1.82, 2.24) is 20.2 Å². The lowest BCUT2D eigenvalue weighted by molar-refractivity contribution is -0.139. The smallest absolute Gasteiger partial charge is 0.408 e. The molecule has 12 nitrogen and oxygen atoms in total. The number of alkyl carbamates (subject to hydrolysis) is 1. The Kier molecular flexibility index (Phi) is 11.9. The predicted molar refractivity (Wildman–Crippen MR) is 169 cm³/mol. The van der Waals surface area contributed by atoms with Crippen LogP contribution >= 0.6 is 0 Å². The van der Waals surface area contributed by atoms with Gasteiger partial charge in [-0.2, -0.15) is 0 Å². The van der Waals surface area contributed by atoms with E-state index in [4.69, 9.17) is 9.47 Å². The molecular formula is C33H43N5O7. The first-order valence-corrected chi connectivity index (χ1v) is 14.7. The Labute approximate surface area is 263 Å². The van der Waals surface area contributed by atoms with E-state index in [1.54, 1.807) is 56.5 Å². The Bertz CT molecular complexity index is 1450. The summed E-state index contributed by atoms with van der Waals surface area (Å²) >= 11 is 0. The van der Waals surface area contributed by atoms with Gasteiger partial charge in [-0.25, -0.2) is 9.78 Å². The SMILES string of the molecule is Cc1c(NC(=O)[C@@H](COCc2ccccc2)NC(=O)C(C)(C)NC(=O)OC(C)(C)C)ncn1CCC(C(=O)O)c1ccccc1. The number of aliphatic carboxylic acids is 1. The molecule has 45 heavy (non-hydrogen) atoms. The second-order valence-electron chi connectivity index (χ2n) is 12.2. The van der Waals surface area contributed by atoms with Crippen LogP contribution in [0.3, 0.4) is 0 Å². The Morgan fingerprint density at radius 1 is 0.956 bits per heavy atom. The molecule has 3 aromatic rings. The van der Waals surface area contributed by atoms with Crippen LogP contribution < -0.4 is 16.0 Å². The largest absolute Gasteiger partial charge is 0.481 e. The molecule has 0 fully saturated rings. The molecule has 0 bridgehead atoms. The molecule has 3 amide bonds. The van der Waals surface area contributed by atoms with Gasteiger partial charge in [-0.3, -0.25) is 14.4 Å². The third-order valence-corrected chi connectivity index (χ3v) is 6.90. The third-order valence-electron chi connectivity index (χ3n) is 6.90. The Hall–Kier alpha value is -4.71. The second kappa shape index (κ2) is 15.3. The van der Waals surface area contributed by atoms with Gasteiger partial charge in [-0.05, 0) is 59.1 Å². The van der Waals surface area contributed by atoms with E-state index in [9.17, 15) is 24.3 Å². The minimum Gasteiger partial charge on any atom is -0.481 e. The summed E-state index contributed by atoms with van der Waals surface area (Å²) in [5, 5.41) is 17.8. The molecule has 3 rings (SSSR count). The molecule has 12 heteroatoms. The number of hydrogen-bond donors (Lipinski definition) is 4. The van der Waals surface area contributed by atoms with Crippen molar-refractivity contribution in [2.24, 2.45) is 0 Å². The Morgan fingerprint density at radius 2 is 1.58 bits per heavy atom. The lowest BCUT2D eigenvalue weighted by Gasteiger charge is -2.29. The third kappa shape index (κ3) is 10.8. The molecule has 0 spiro atoms. The average Bonchev–Trinajstić information content (AvgIpc) is 3.30. The van der Waals surface area contributed by atoms with Gasteiger partial charge in [0.25, 0.3) is 5.91 Å². The molecule has 4 N–H and O–H groups in total. The number of aromatic nitrogens is 2. The summed E-state index contributed by atoms with van der Waals surface area (Å²) in [7, 11) is 0. The van der Waals surface area contributed by atoms with Crippen molar-refractivity contribution in [3.63, 3.8) is 0 Å². The van der Waals surface area contributed by atoms with Gasteiger partial charge in [0.05, 0.1) is 31.2 Å². The van der Waals surface area contributed by atoms with Gasteiger partial charge in [-0.15, -0.1) is 0 Å². The minimum atomic E-state index is -1.42. The van der Waals surface area contributed by atoms with Crippen molar-refractivity contribution < 1.29 is 33.8 Å². The van der Waals surface area contributed by atoms with Gasteiger partial charge in [-0.1, -0.05) is 60.7 Å². The van der Waals surface area contributed by atoms with Gasteiger partial charge in [0.2, 0.25) is 5.91 Å². The van der Waals surface area contributed by atoms with Crippen molar-refractivity contribution in [2.45, 2.75) is 84.2 Å². The number of rotatable bonds is 14. The number of nitrogens with zero attached hydrogens (tertiary/aromatic N) is 2. The standard InChI is InChI=1S/C33H43N5O7/c1-22-27(34-21-38(22)18-17-25(29(40)41)24-15-11-8-12-16-24)36-28(39)26(20-44-19-23-13-9-7-10-14-23)35-30(42)33(5,6)37-31(43)45-32(2,3)4/h7-16,21,25-26H,17-20H2,1-6H3,(H,35,42)(H,36,39)(H,37,43)(H,40,41)/t25?,26-/m1/s1. The zero-order chi connectivity index (χ0) is 33.2. The minimum absolute atomic E-state index is 0.161. The van der Waals surface area contributed by atoms with Crippen LogP contribution in [0, 0.1) is 6.92 Å². The van der Waals surface area contributed by atoms with Crippen molar-refractivity contribution >= 4 is 29.7 Å². The number of carbonyl (C=O) groups excluding carboxylic acids is 3. The van der Waals surface area contributed by atoms with E-state index in [1.807, 2.05) is 36.4 Å². The number of aryl methyl sites for hydroxylation is 1. The Balaban J connectivity index is 1.71. The molecule has 0 aliphatic carbocycles. The number of benzene rings is 2. The molecule has 0 aliphatic rings. The summed E-state index contributed by atoms with van der Waals surface area (Å²) in [6.07, 6.45) is 1.07. The molecule has 0 saturated carbocycles. The van der Waals surface area contributed by atoms with Crippen LogP contribution in [0.5, 0.6) is 0 Å². The second-order valence-corrected chi connectivity index (χ2v) is 12.2. The molecular weight excluding hydrogens is 578 g/mol. The number of hydrogen-bond acceptors (Lipinski definition) is 7.